The summed E-state index contributed by atoms with van der Waals surface area (Å²) in [4.78, 5) is 21.9. The molecule has 0 amide bonds. The summed E-state index contributed by atoms with van der Waals surface area (Å²) in [7, 11) is 0. The number of carbonyl (C=O) groups is 1. The molecule has 0 bridgehead atoms. The molecule has 2 unspecified atom stereocenters. The summed E-state index contributed by atoms with van der Waals surface area (Å²) < 4.78 is 0. The standard InChI is InChI=1S/C26H30N4O2/c1-16-12-28-25-21(16)11-18(13-29-25)17-9-19-14-30(24(15-31)26(32)5-6-26)8-4-20(19)22(10-17)23-3-2-7-27-23/h9-13,15,23-24,27,32H,2-8,14H2,1H3,(H,28,29). The highest BCUT2D eigenvalue weighted by Gasteiger charge is 2.50. The van der Waals surface area contributed by atoms with Crippen LogP contribution in [0.1, 0.15) is 54.0 Å². The van der Waals surface area contributed by atoms with Gasteiger partial charge in [-0.25, -0.2) is 4.98 Å². The van der Waals surface area contributed by atoms with Crippen LogP contribution in [-0.2, 0) is 17.8 Å². The molecule has 3 aliphatic rings. The van der Waals surface area contributed by atoms with E-state index >= 15 is 0 Å². The van der Waals surface area contributed by atoms with Crippen LogP contribution in [0.25, 0.3) is 22.2 Å². The molecule has 1 saturated heterocycles. The second-order valence-corrected chi connectivity index (χ2v) is 9.85. The molecule has 0 radical (unpaired) electrons. The molecule has 6 nitrogen and oxygen atoms in total. The van der Waals surface area contributed by atoms with Gasteiger partial charge >= 0.3 is 0 Å². The Labute approximate surface area is 188 Å². The third kappa shape index (κ3) is 3.29. The largest absolute Gasteiger partial charge is 0.388 e. The maximum atomic E-state index is 11.9. The molecule has 1 saturated carbocycles. The molecule has 3 aromatic rings. The predicted molar refractivity (Wildman–Crippen MR) is 124 cm³/mol. The zero-order valence-electron chi connectivity index (χ0n) is 18.5. The predicted octanol–water partition coefficient (Wildman–Crippen LogP) is 3.41. The van der Waals surface area contributed by atoms with E-state index in [1.54, 1.807) is 0 Å². The van der Waals surface area contributed by atoms with Crippen molar-refractivity contribution in [1.82, 2.24) is 20.2 Å². The van der Waals surface area contributed by atoms with Gasteiger partial charge in [-0.15, -0.1) is 0 Å². The Morgan fingerprint density at radius 1 is 1.28 bits per heavy atom. The molecule has 6 heteroatoms. The van der Waals surface area contributed by atoms with Crippen LogP contribution in [0.3, 0.4) is 0 Å². The van der Waals surface area contributed by atoms with E-state index in [2.05, 4.69) is 45.3 Å². The van der Waals surface area contributed by atoms with E-state index in [-0.39, 0.29) is 0 Å². The smallest absolute Gasteiger partial charge is 0.140 e. The number of hydrogen-bond acceptors (Lipinski definition) is 5. The first-order chi connectivity index (χ1) is 15.6. The van der Waals surface area contributed by atoms with E-state index in [1.165, 1.54) is 34.2 Å². The maximum Gasteiger partial charge on any atom is 0.140 e. The normalized spacial score (nSPS) is 23.2. The number of aldehydes is 1. The highest BCUT2D eigenvalue weighted by atomic mass is 16.3. The number of hydrogen-bond donors (Lipinski definition) is 3. The molecule has 2 aromatic heterocycles. The fourth-order valence-corrected chi connectivity index (χ4v) is 5.69. The fraction of sp³-hybridized carbons (Fsp3) is 0.462. The lowest BCUT2D eigenvalue weighted by atomic mass is 9.86. The molecule has 1 aromatic carbocycles. The number of aryl methyl sites for hydroxylation is 1. The summed E-state index contributed by atoms with van der Waals surface area (Å²) in [6.07, 6.45) is 9.62. The lowest BCUT2D eigenvalue weighted by Crippen LogP contribution is -2.48. The van der Waals surface area contributed by atoms with E-state index < -0.39 is 11.6 Å². The van der Waals surface area contributed by atoms with Crippen molar-refractivity contribution in [3.05, 3.63) is 52.8 Å². The summed E-state index contributed by atoms with van der Waals surface area (Å²) in [5.41, 5.74) is 7.68. The van der Waals surface area contributed by atoms with Crippen LogP contribution < -0.4 is 5.32 Å². The lowest BCUT2D eigenvalue weighted by molar-refractivity contribution is -0.118. The first-order valence-corrected chi connectivity index (χ1v) is 11.8. The quantitative estimate of drug-likeness (QED) is 0.541. The van der Waals surface area contributed by atoms with Crippen molar-refractivity contribution in [2.24, 2.45) is 0 Å². The van der Waals surface area contributed by atoms with Crippen LogP contribution in [0.15, 0.2) is 30.6 Å². The van der Waals surface area contributed by atoms with Crippen molar-refractivity contribution in [2.45, 2.75) is 63.3 Å². The van der Waals surface area contributed by atoms with Crippen molar-refractivity contribution < 1.29 is 9.90 Å². The molecule has 166 valence electrons. The van der Waals surface area contributed by atoms with Crippen molar-refractivity contribution in [1.29, 1.82) is 0 Å². The SMILES string of the molecule is Cc1c[nH]c2ncc(-c3cc4c(c(C5CCCN5)c3)CCN(C(C=O)C3(O)CC3)C4)cc12. The number of pyridine rings is 1. The summed E-state index contributed by atoms with van der Waals surface area (Å²) in [5, 5.41) is 15.5. The number of rotatable bonds is 5. The van der Waals surface area contributed by atoms with Gasteiger partial charge in [-0.2, -0.15) is 0 Å². The van der Waals surface area contributed by atoms with Gasteiger partial charge in [0.25, 0.3) is 0 Å². The number of H-pyrrole nitrogens is 1. The van der Waals surface area contributed by atoms with Crippen LogP contribution in [0.2, 0.25) is 0 Å². The van der Waals surface area contributed by atoms with Gasteiger partial charge in [0.05, 0.1) is 11.6 Å². The average molecular weight is 431 g/mol. The molecular formula is C26H30N4O2. The van der Waals surface area contributed by atoms with Gasteiger partial charge in [-0.05, 0) is 91.6 Å². The lowest BCUT2D eigenvalue weighted by Gasteiger charge is -2.37. The average Bonchev–Trinajstić information content (AvgIpc) is 3.19. The van der Waals surface area contributed by atoms with Crippen molar-refractivity contribution in [2.75, 3.05) is 13.1 Å². The fourth-order valence-electron chi connectivity index (χ4n) is 5.69. The minimum atomic E-state index is -0.826. The Balaban J connectivity index is 1.43. The molecule has 3 N–H and O–H groups in total. The summed E-state index contributed by atoms with van der Waals surface area (Å²) >= 11 is 0. The number of nitrogens with zero attached hydrogens (tertiary/aromatic N) is 2. The van der Waals surface area contributed by atoms with Crippen molar-refractivity contribution in [3.63, 3.8) is 0 Å². The van der Waals surface area contributed by atoms with E-state index in [4.69, 9.17) is 0 Å². The molecule has 32 heavy (non-hydrogen) atoms. The molecule has 1 aliphatic carbocycles. The van der Waals surface area contributed by atoms with Crippen LogP contribution in [0.4, 0.5) is 0 Å². The molecule has 0 spiro atoms. The first kappa shape index (κ1) is 20.1. The third-order valence-electron chi connectivity index (χ3n) is 7.74. The van der Waals surface area contributed by atoms with E-state index in [9.17, 15) is 9.90 Å². The topological polar surface area (TPSA) is 81.2 Å². The van der Waals surface area contributed by atoms with Gasteiger partial charge in [0.2, 0.25) is 0 Å². The third-order valence-corrected chi connectivity index (χ3v) is 7.74. The Bertz CT molecular complexity index is 1190. The maximum absolute atomic E-state index is 11.9. The minimum absolute atomic E-state index is 0.385. The monoisotopic (exact) mass is 430 g/mol. The molecule has 2 aliphatic heterocycles. The minimum Gasteiger partial charge on any atom is -0.388 e. The number of fused-ring (bicyclic) bond motifs is 2. The van der Waals surface area contributed by atoms with Gasteiger partial charge in [-0.1, -0.05) is 0 Å². The van der Waals surface area contributed by atoms with Crippen LogP contribution in [0.5, 0.6) is 0 Å². The number of aromatic amines is 1. The van der Waals surface area contributed by atoms with Gasteiger partial charge in [0.15, 0.2) is 0 Å². The molecule has 2 fully saturated rings. The van der Waals surface area contributed by atoms with Crippen LogP contribution >= 0.6 is 0 Å². The summed E-state index contributed by atoms with van der Waals surface area (Å²) in [6, 6.07) is 6.84. The zero-order chi connectivity index (χ0) is 21.9. The van der Waals surface area contributed by atoms with Crippen molar-refractivity contribution >= 4 is 17.3 Å². The number of aromatic nitrogens is 2. The molecular weight excluding hydrogens is 400 g/mol. The zero-order valence-corrected chi connectivity index (χ0v) is 18.5. The number of carbonyl (C=O) groups excluding carboxylic acids is 1. The second-order valence-electron chi connectivity index (χ2n) is 9.85. The van der Waals surface area contributed by atoms with Gasteiger partial charge in [0.1, 0.15) is 11.9 Å². The van der Waals surface area contributed by atoms with E-state index in [1.807, 2.05) is 12.4 Å². The molecule has 6 rings (SSSR count). The number of aliphatic hydroxyl groups is 1. The highest BCUT2D eigenvalue weighted by molar-refractivity contribution is 5.84. The van der Waals surface area contributed by atoms with Gasteiger partial charge in [0, 0.05) is 42.5 Å². The number of nitrogens with one attached hydrogen (secondary N) is 2. The van der Waals surface area contributed by atoms with E-state index in [0.717, 1.165) is 61.7 Å². The Hall–Kier alpha value is -2.54. The summed E-state index contributed by atoms with van der Waals surface area (Å²) in [5.74, 6) is 0. The Morgan fingerprint density at radius 2 is 2.16 bits per heavy atom. The number of benzene rings is 1. The molecule has 4 heterocycles. The second kappa shape index (κ2) is 7.51. The van der Waals surface area contributed by atoms with Gasteiger partial charge < -0.3 is 20.2 Å². The van der Waals surface area contributed by atoms with Gasteiger partial charge in [-0.3, -0.25) is 4.90 Å². The van der Waals surface area contributed by atoms with Crippen LogP contribution in [0, 0.1) is 6.92 Å². The summed E-state index contributed by atoms with van der Waals surface area (Å²) in [6.45, 7) is 4.68. The molecule has 2 atom stereocenters. The Morgan fingerprint density at radius 3 is 2.91 bits per heavy atom. The highest BCUT2D eigenvalue weighted by Crippen LogP contribution is 2.42. The van der Waals surface area contributed by atoms with E-state index in [0.29, 0.717) is 12.6 Å². The van der Waals surface area contributed by atoms with Crippen molar-refractivity contribution in [3.8, 4) is 11.1 Å². The van der Waals surface area contributed by atoms with Crippen LogP contribution in [-0.4, -0.2) is 51.0 Å². The first-order valence-electron chi connectivity index (χ1n) is 11.8. The Kier molecular flexibility index (Phi) is 4.72.